The first kappa shape index (κ1) is 25.5. The monoisotopic (exact) mass is 422 g/mol. The van der Waals surface area contributed by atoms with Crippen molar-refractivity contribution < 1.29 is 43.9 Å². The Hall–Kier alpha value is -1.50. The first-order valence-corrected chi connectivity index (χ1v) is 9.36. The summed E-state index contributed by atoms with van der Waals surface area (Å²) in [5.41, 5.74) is 4.21. The van der Waals surface area contributed by atoms with E-state index >= 15 is 0 Å². The Morgan fingerprint density at radius 1 is 1.07 bits per heavy atom. The van der Waals surface area contributed by atoms with Gasteiger partial charge in [-0.1, -0.05) is 0 Å². The number of esters is 1. The van der Waals surface area contributed by atoms with E-state index in [0.717, 1.165) is 0 Å². The summed E-state index contributed by atoms with van der Waals surface area (Å²) in [6.07, 6.45) is -6.01. The minimum atomic E-state index is -1.41. The number of aliphatic hydroxyl groups excluding tert-OH is 3. The molecule has 29 heavy (non-hydrogen) atoms. The molecule has 1 fully saturated rings. The van der Waals surface area contributed by atoms with E-state index in [0.29, 0.717) is 0 Å². The highest BCUT2D eigenvalue weighted by Crippen LogP contribution is 2.21. The number of nitrogens with one attached hydrogen (secondary N) is 1. The van der Waals surface area contributed by atoms with Gasteiger partial charge in [-0.15, -0.1) is 0 Å². The van der Waals surface area contributed by atoms with Crippen LogP contribution in [-0.2, 0) is 23.7 Å². The van der Waals surface area contributed by atoms with E-state index in [2.05, 4.69) is 5.32 Å². The lowest BCUT2D eigenvalue weighted by Gasteiger charge is -2.40. The molecule has 0 bridgehead atoms. The van der Waals surface area contributed by atoms with Gasteiger partial charge in [-0.25, -0.2) is 9.59 Å². The van der Waals surface area contributed by atoms with E-state index in [9.17, 15) is 24.9 Å². The van der Waals surface area contributed by atoms with Crippen LogP contribution in [0.1, 0.15) is 41.5 Å². The molecule has 1 aliphatic heterocycles. The number of carbonyl (C=O) groups is 2. The van der Waals surface area contributed by atoms with Crippen molar-refractivity contribution in [2.75, 3.05) is 13.2 Å². The number of hydrogen-bond acceptors (Lipinski definition) is 10. The lowest BCUT2D eigenvalue weighted by molar-refractivity contribution is -0.267. The molecule has 1 saturated heterocycles. The van der Waals surface area contributed by atoms with E-state index < -0.39 is 73.2 Å². The van der Waals surface area contributed by atoms with Gasteiger partial charge in [-0.2, -0.15) is 0 Å². The van der Waals surface area contributed by atoms with Crippen LogP contribution in [0.25, 0.3) is 0 Å². The summed E-state index contributed by atoms with van der Waals surface area (Å²) in [6.45, 7) is 9.02. The van der Waals surface area contributed by atoms with Crippen molar-refractivity contribution in [2.45, 2.75) is 89.4 Å². The molecule has 0 unspecified atom stereocenters. The molecule has 1 aliphatic rings. The minimum Gasteiger partial charge on any atom is -0.458 e. The first-order valence-electron chi connectivity index (χ1n) is 9.36. The lowest BCUT2D eigenvalue weighted by Crippen LogP contribution is -2.63. The van der Waals surface area contributed by atoms with E-state index in [1.807, 2.05) is 0 Å². The molecule has 11 heteroatoms. The molecule has 0 spiro atoms. The summed E-state index contributed by atoms with van der Waals surface area (Å²) in [6, 6.07) is -2.40. The highest BCUT2D eigenvalue weighted by atomic mass is 16.7. The predicted molar refractivity (Wildman–Crippen MR) is 101 cm³/mol. The Morgan fingerprint density at radius 2 is 1.62 bits per heavy atom. The molecule has 1 amide bonds. The maximum absolute atomic E-state index is 12.5. The molecule has 0 aromatic heterocycles. The van der Waals surface area contributed by atoms with Crippen molar-refractivity contribution >= 4 is 12.1 Å². The van der Waals surface area contributed by atoms with Gasteiger partial charge in [-0.05, 0) is 41.5 Å². The van der Waals surface area contributed by atoms with Crippen LogP contribution in [0.4, 0.5) is 4.79 Å². The molecule has 11 nitrogen and oxygen atoms in total. The van der Waals surface area contributed by atoms with Gasteiger partial charge >= 0.3 is 12.1 Å². The van der Waals surface area contributed by atoms with Gasteiger partial charge in [-0.3, -0.25) is 0 Å². The normalized spacial score (nSPS) is 29.1. The second-order valence-electron chi connectivity index (χ2n) is 8.85. The minimum absolute atomic E-state index is 0.409. The Bertz CT molecular complexity index is 557. The summed E-state index contributed by atoms with van der Waals surface area (Å²) < 4.78 is 21.3. The van der Waals surface area contributed by atoms with Gasteiger partial charge in [0.2, 0.25) is 0 Å². The number of ether oxygens (including phenoxy) is 4. The number of carbonyl (C=O) groups excluding carboxylic acids is 2. The van der Waals surface area contributed by atoms with Gasteiger partial charge in [0.1, 0.15) is 29.5 Å². The van der Waals surface area contributed by atoms with Crippen LogP contribution >= 0.6 is 0 Å². The third-order valence-electron chi connectivity index (χ3n) is 3.74. The molecule has 0 saturated carbocycles. The van der Waals surface area contributed by atoms with E-state index in [-0.39, 0.29) is 0 Å². The van der Waals surface area contributed by atoms with Crippen LogP contribution in [0.5, 0.6) is 0 Å². The number of rotatable bonds is 6. The molecule has 1 rings (SSSR count). The van der Waals surface area contributed by atoms with Crippen molar-refractivity contribution in [1.29, 1.82) is 0 Å². The fraction of sp³-hybridized carbons (Fsp3) is 0.889. The number of aliphatic hydroxyl groups is 3. The molecule has 1 heterocycles. The summed E-state index contributed by atoms with van der Waals surface area (Å²) in [5, 5.41) is 31.5. The smallest absolute Gasteiger partial charge is 0.408 e. The summed E-state index contributed by atoms with van der Waals surface area (Å²) >= 11 is 0. The third-order valence-corrected chi connectivity index (χ3v) is 3.74. The van der Waals surface area contributed by atoms with Gasteiger partial charge < -0.3 is 45.3 Å². The zero-order valence-electron chi connectivity index (χ0n) is 17.7. The largest absolute Gasteiger partial charge is 0.458 e. The van der Waals surface area contributed by atoms with Gasteiger partial charge in [0.25, 0.3) is 0 Å². The third kappa shape index (κ3) is 8.41. The second-order valence-corrected chi connectivity index (χ2v) is 8.85. The van der Waals surface area contributed by atoms with Crippen LogP contribution in [0, 0.1) is 0 Å². The molecule has 0 aromatic carbocycles. The molecule has 6 atom stereocenters. The fourth-order valence-corrected chi connectivity index (χ4v) is 2.44. The average molecular weight is 422 g/mol. The highest BCUT2D eigenvalue weighted by molar-refractivity contribution is 5.81. The average Bonchev–Trinajstić information content (AvgIpc) is 2.54. The molecule has 0 radical (unpaired) electrons. The van der Waals surface area contributed by atoms with Gasteiger partial charge in [0.15, 0.2) is 12.3 Å². The van der Waals surface area contributed by atoms with Gasteiger partial charge in [0, 0.05) is 0 Å². The van der Waals surface area contributed by atoms with Crippen molar-refractivity contribution in [2.24, 2.45) is 5.73 Å². The van der Waals surface area contributed by atoms with E-state index in [1.54, 1.807) is 41.5 Å². The molecular formula is C18H34N2O9. The van der Waals surface area contributed by atoms with Crippen LogP contribution < -0.4 is 11.1 Å². The van der Waals surface area contributed by atoms with Crippen LogP contribution in [-0.4, -0.2) is 88.5 Å². The summed E-state index contributed by atoms with van der Waals surface area (Å²) in [4.78, 5) is 24.6. The van der Waals surface area contributed by atoms with Crippen molar-refractivity contribution in [3.63, 3.8) is 0 Å². The molecule has 0 aliphatic carbocycles. The van der Waals surface area contributed by atoms with Crippen molar-refractivity contribution in [1.82, 2.24) is 5.32 Å². The number of hydrogen-bond donors (Lipinski definition) is 5. The van der Waals surface area contributed by atoms with Crippen LogP contribution in [0.3, 0.4) is 0 Å². The van der Waals surface area contributed by atoms with Crippen LogP contribution in [0.15, 0.2) is 0 Å². The molecular weight excluding hydrogens is 388 g/mol. The number of nitrogens with two attached hydrogens (primary N) is 1. The molecule has 6 N–H and O–H groups in total. The number of alkyl carbamates (subject to hydrolysis) is 1. The van der Waals surface area contributed by atoms with E-state index in [1.165, 1.54) is 0 Å². The van der Waals surface area contributed by atoms with Crippen LogP contribution in [0.2, 0.25) is 0 Å². The van der Waals surface area contributed by atoms with E-state index in [4.69, 9.17) is 24.7 Å². The maximum atomic E-state index is 12.5. The Labute approximate surface area is 170 Å². The summed E-state index contributed by atoms with van der Waals surface area (Å²) in [5.74, 6) is -0.771. The zero-order valence-corrected chi connectivity index (χ0v) is 17.7. The predicted octanol–water partition coefficient (Wildman–Crippen LogP) is -0.996. The standard InChI is InChI=1S/C18H34N2O9/c1-17(2,3)28-14(24)9(20-16(25)29-18(4,5)6)8-26-15-11(19)13(23)12(22)10(7-21)27-15/h9-13,15,21-23H,7-8,19H2,1-6H3,(H,20,25)/t9-,10+,11+,12-,13+,15-/m0/s1. The first-order chi connectivity index (χ1) is 13.1. The SMILES string of the molecule is CC(C)(C)OC(=O)N[C@@H](CO[C@H]1O[C@H](CO)[C@H](O)[C@H](O)[C@H]1N)C(=O)OC(C)(C)C. The zero-order chi connectivity index (χ0) is 22.6. The number of amides is 1. The summed E-state index contributed by atoms with van der Waals surface area (Å²) in [7, 11) is 0. The quantitative estimate of drug-likeness (QED) is 0.335. The Balaban J connectivity index is 2.85. The van der Waals surface area contributed by atoms with Gasteiger partial charge in [0.05, 0.1) is 19.3 Å². The van der Waals surface area contributed by atoms with Crippen molar-refractivity contribution in [3.05, 3.63) is 0 Å². The fourth-order valence-electron chi connectivity index (χ4n) is 2.44. The van der Waals surface area contributed by atoms with Crippen molar-refractivity contribution in [3.8, 4) is 0 Å². The maximum Gasteiger partial charge on any atom is 0.408 e. The topological polar surface area (TPSA) is 170 Å². The Kier molecular flexibility index (Phi) is 8.81. The lowest BCUT2D eigenvalue weighted by atomic mass is 9.98. The molecule has 170 valence electrons. The highest BCUT2D eigenvalue weighted by Gasteiger charge is 2.43. The molecule has 0 aromatic rings. The second kappa shape index (κ2) is 10.0. The Morgan fingerprint density at radius 3 is 2.10 bits per heavy atom.